The van der Waals surface area contributed by atoms with Gasteiger partial charge in [0.2, 0.25) is 0 Å². The highest BCUT2D eigenvalue weighted by atomic mass is 79.9. The van der Waals surface area contributed by atoms with Crippen LogP contribution in [0.5, 0.6) is 0 Å². The number of nitrogens with one attached hydrogen (secondary N) is 1. The van der Waals surface area contributed by atoms with E-state index in [0.29, 0.717) is 6.61 Å². The van der Waals surface area contributed by atoms with E-state index in [1.807, 2.05) is 30.3 Å². The fourth-order valence-corrected chi connectivity index (χ4v) is 2.59. The molecular formula is C13H13BrN2O2. The van der Waals surface area contributed by atoms with Crippen molar-refractivity contribution < 1.29 is 9.15 Å². The molecule has 0 saturated heterocycles. The summed E-state index contributed by atoms with van der Waals surface area (Å²) in [5, 5.41) is 1.04. The molecule has 1 aromatic heterocycles. The number of ether oxygens (including phenoxy) is 1. The highest BCUT2D eigenvalue weighted by Gasteiger charge is 2.23. The average Bonchev–Trinajstić information content (AvgIpc) is 3.00. The molecule has 4 nitrogen and oxygen atoms in total. The van der Waals surface area contributed by atoms with E-state index >= 15 is 0 Å². The number of furan rings is 1. The standard InChI is InChI=1S/C13H13BrN2O2/c14-9-4-1-3-8-7-11(18-13(8)9)12(16-15)10-5-2-6-17-10/h1,3-5,7,12,16H,2,6,15H2. The summed E-state index contributed by atoms with van der Waals surface area (Å²) in [6, 6.07) is 7.68. The molecule has 0 amide bonds. The normalized spacial score (nSPS) is 16.7. The third-order valence-corrected chi connectivity index (χ3v) is 3.61. The Labute approximate surface area is 113 Å². The minimum atomic E-state index is -0.230. The molecular weight excluding hydrogens is 296 g/mol. The Hall–Kier alpha value is -1.30. The van der Waals surface area contributed by atoms with Crippen molar-refractivity contribution in [3.05, 3.63) is 46.3 Å². The van der Waals surface area contributed by atoms with Crippen molar-refractivity contribution >= 4 is 26.9 Å². The van der Waals surface area contributed by atoms with Gasteiger partial charge in [-0.3, -0.25) is 5.84 Å². The molecule has 0 fully saturated rings. The van der Waals surface area contributed by atoms with E-state index in [9.17, 15) is 0 Å². The number of para-hydroxylation sites is 1. The lowest BCUT2D eigenvalue weighted by molar-refractivity contribution is 0.208. The first-order chi connectivity index (χ1) is 8.79. The molecule has 0 saturated carbocycles. The first kappa shape index (κ1) is 11.8. The predicted molar refractivity (Wildman–Crippen MR) is 72.6 cm³/mol. The summed E-state index contributed by atoms with van der Waals surface area (Å²) in [6.45, 7) is 0.706. The van der Waals surface area contributed by atoms with Crippen molar-refractivity contribution in [2.75, 3.05) is 6.61 Å². The van der Waals surface area contributed by atoms with E-state index in [-0.39, 0.29) is 6.04 Å². The molecule has 5 heteroatoms. The summed E-state index contributed by atoms with van der Waals surface area (Å²) in [5.74, 6) is 7.19. The van der Waals surface area contributed by atoms with Crippen molar-refractivity contribution in [1.29, 1.82) is 0 Å². The molecule has 0 radical (unpaired) electrons. The lowest BCUT2D eigenvalue weighted by Gasteiger charge is -2.14. The quantitative estimate of drug-likeness (QED) is 0.676. The van der Waals surface area contributed by atoms with Crippen molar-refractivity contribution in [3.63, 3.8) is 0 Å². The minimum Gasteiger partial charge on any atom is -0.496 e. The third-order valence-electron chi connectivity index (χ3n) is 2.98. The Kier molecular flexibility index (Phi) is 3.11. The molecule has 94 valence electrons. The summed E-state index contributed by atoms with van der Waals surface area (Å²) in [5.41, 5.74) is 3.56. The van der Waals surface area contributed by atoms with Gasteiger partial charge in [-0.1, -0.05) is 12.1 Å². The Morgan fingerprint density at radius 2 is 2.28 bits per heavy atom. The fraction of sp³-hybridized carbons (Fsp3) is 0.231. The largest absolute Gasteiger partial charge is 0.496 e. The zero-order valence-electron chi connectivity index (χ0n) is 9.65. The van der Waals surface area contributed by atoms with E-state index in [1.54, 1.807) is 0 Å². The zero-order valence-corrected chi connectivity index (χ0v) is 11.2. The summed E-state index contributed by atoms with van der Waals surface area (Å²) < 4.78 is 12.3. The van der Waals surface area contributed by atoms with Crippen LogP contribution in [0, 0.1) is 0 Å². The van der Waals surface area contributed by atoms with Gasteiger partial charge >= 0.3 is 0 Å². The highest BCUT2D eigenvalue weighted by molar-refractivity contribution is 9.10. The lowest BCUT2D eigenvalue weighted by Crippen LogP contribution is -2.29. The van der Waals surface area contributed by atoms with Gasteiger partial charge in [-0.2, -0.15) is 0 Å². The number of nitrogens with two attached hydrogens (primary N) is 1. The SMILES string of the molecule is NNC(C1=CCCO1)c1cc2cccc(Br)c2o1. The fourth-order valence-electron chi connectivity index (χ4n) is 2.13. The molecule has 1 aliphatic rings. The van der Waals surface area contributed by atoms with E-state index in [2.05, 4.69) is 21.4 Å². The first-order valence-electron chi connectivity index (χ1n) is 5.76. The van der Waals surface area contributed by atoms with Crippen LogP contribution in [-0.4, -0.2) is 6.61 Å². The molecule has 0 aliphatic carbocycles. The Morgan fingerprint density at radius 3 is 2.94 bits per heavy atom. The molecule has 1 unspecified atom stereocenters. The molecule has 2 aromatic rings. The zero-order chi connectivity index (χ0) is 12.5. The number of hydrogen-bond acceptors (Lipinski definition) is 4. The van der Waals surface area contributed by atoms with Crippen LogP contribution in [0.25, 0.3) is 11.0 Å². The van der Waals surface area contributed by atoms with Crippen LogP contribution in [0.4, 0.5) is 0 Å². The van der Waals surface area contributed by atoms with Crippen LogP contribution in [0.3, 0.4) is 0 Å². The number of hydrazine groups is 1. The minimum absolute atomic E-state index is 0.230. The predicted octanol–water partition coefficient (Wildman–Crippen LogP) is 3.00. The smallest absolute Gasteiger partial charge is 0.148 e. The second-order valence-corrected chi connectivity index (χ2v) is 5.00. The first-order valence-corrected chi connectivity index (χ1v) is 6.56. The molecule has 3 rings (SSSR count). The van der Waals surface area contributed by atoms with Gasteiger partial charge in [-0.25, -0.2) is 5.43 Å². The van der Waals surface area contributed by atoms with Gasteiger partial charge in [0, 0.05) is 11.8 Å². The van der Waals surface area contributed by atoms with Gasteiger partial charge in [-0.05, 0) is 34.1 Å². The van der Waals surface area contributed by atoms with Gasteiger partial charge in [0.1, 0.15) is 23.1 Å². The van der Waals surface area contributed by atoms with Crippen LogP contribution >= 0.6 is 15.9 Å². The summed E-state index contributed by atoms with van der Waals surface area (Å²) in [6.07, 6.45) is 2.95. The molecule has 0 spiro atoms. The molecule has 1 aromatic carbocycles. The van der Waals surface area contributed by atoms with E-state index < -0.39 is 0 Å². The summed E-state index contributed by atoms with van der Waals surface area (Å²) in [7, 11) is 0. The monoisotopic (exact) mass is 308 g/mol. The van der Waals surface area contributed by atoms with Crippen molar-refractivity contribution in [1.82, 2.24) is 5.43 Å². The number of benzene rings is 1. The maximum atomic E-state index is 5.85. The Bertz CT molecular complexity index is 606. The molecule has 1 atom stereocenters. The molecule has 3 N–H and O–H groups in total. The highest BCUT2D eigenvalue weighted by Crippen LogP contribution is 2.33. The van der Waals surface area contributed by atoms with Gasteiger partial charge in [0.25, 0.3) is 0 Å². The molecule has 0 bridgehead atoms. The van der Waals surface area contributed by atoms with Crippen LogP contribution in [0.15, 0.2) is 45.0 Å². The van der Waals surface area contributed by atoms with E-state index in [4.69, 9.17) is 15.0 Å². The topological polar surface area (TPSA) is 60.4 Å². The van der Waals surface area contributed by atoms with Crippen LogP contribution < -0.4 is 11.3 Å². The number of fused-ring (bicyclic) bond motifs is 1. The third kappa shape index (κ3) is 1.94. The Balaban J connectivity index is 2.04. The maximum absolute atomic E-state index is 5.85. The van der Waals surface area contributed by atoms with Crippen LogP contribution in [-0.2, 0) is 4.74 Å². The molecule has 18 heavy (non-hydrogen) atoms. The second-order valence-electron chi connectivity index (χ2n) is 4.15. The number of rotatable bonds is 3. The van der Waals surface area contributed by atoms with Gasteiger partial charge in [0.15, 0.2) is 0 Å². The van der Waals surface area contributed by atoms with Crippen LogP contribution in [0.2, 0.25) is 0 Å². The number of halogens is 1. The van der Waals surface area contributed by atoms with Crippen molar-refractivity contribution in [2.24, 2.45) is 5.84 Å². The van der Waals surface area contributed by atoms with Crippen LogP contribution in [0.1, 0.15) is 18.2 Å². The van der Waals surface area contributed by atoms with Gasteiger partial charge in [-0.15, -0.1) is 0 Å². The summed E-state index contributed by atoms with van der Waals surface area (Å²) >= 11 is 3.47. The van der Waals surface area contributed by atoms with Gasteiger partial charge < -0.3 is 9.15 Å². The maximum Gasteiger partial charge on any atom is 0.148 e. The molecule has 2 heterocycles. The average molecular weight is 309 g/mol. The van der Waals surface area contributed by atoms with E-state index in [1.165, 1.54) is 0 Å². The lowest BCUT2D eigenvalue weighted by atomic mass is 10.1. The second kappa shape index (κ2) is 4.76. The van der Waals surface area contributed by atoms with Gasteiger partial charge in [0.05, 0.1) is 11.1 Å². The van der Waals surface area contributed by atoms with Crippen molar-refractivity contribution in [3.8, 4) is 0 Å². The van der Waals surface area contributed by atoms with Crippen molar-refractivity contribution in [2.45, 2.75) is 12.5 Å². The Morgan fingerprint density at radius 1 is 1.39 bits per heavy atom. The molecule has 1 aliphatic heterocycles. The number of hydrogen-bond donors (Lipinski definition) is 2. The summed E-state index contributed by atoms with van der Waals surface area (Å²) in [4.78, 5) is 0. The van der Waals surface area contributed by atoms with E-state index in [0.717, 1.165) is 33.4 Å².